The van der Waals surface area contributed by atoms with E-state index < -0.39 is 36.2 Å². The summed E-state index contributed by atoms with van der Waals surface area (Å²) >= 11 is 0. The number of aliphatic hydroxyl groups excluding tert-OH is 1. The number of Topliss-reactive ketones (excluding diaryl/α,β-unsaturated/α-hetero) is 1. The van der Waals surface area contributed by atoms with Crippen molar-refractivity contribution in [3.8, 4) is 0 Å². The molecule has 0 spiro atoms. The Labute approximate surface area is 131 Å². The molecular weight excluding hydrogens is 226 g/mol. The molecule has 0 heterocycles. The van der Waals surface area contributed by atoms with Gasteiger partial charge in [-0.2, -0.15) is 0 Å². The maximum absolute atomic E-state index is 10.5. The molecule has 0 aliphatic heterocycles. The molecule has 6 nitrogen and oxygen atoms in total. The molecule has 2 unspecified atom stereocenters. The average molecular weight is 234 g/mol. The first-order chi connectivity index (χ1) is 5.86. The van der Waals surface area contributed by atoms with Crippen LogP contribution in [0.3, 0.4) is 0 Å². The van der Waals surface area contributed by atoms with Gasteiger partial charge in [0.15, 0.2) is 5.78 Å². The number of ketones is 1. The molecule has 74 valence electrons. The SMILES string of the molecule is CC(=O)C(O)C(CC(=O)[O-])C(=O)[O-].[Na+].[Na+]. The Kier molecular flexibility index (Phi) is 13.6. The smallest absolute Gasteiger partial charge is 0.550 e. The zero-order valence-electron chi connectivity index (χ0n) is 8.85. The first-order valence-corrected chi connectivity index (χ1v) is 3.45. The number of carbonyl (C=O) groups is 3. The first kappa shape index (κ1) is 20.9. The maximum atomic E-state index is 10.5. The third-order valence-corrected chi connectivity index (χ3v) is 1.49. The maximum Gasteiger partial charge on any atom is 1.00 e. The molecule has 0 saturated carbocycles. The van der Waals surface area contributed by atoms with Crippen LogP contribution >= 0.6 is 0 Å². The Bertz CT molecular complexity index is 242. The summed E-state index contributed by atoms with van der Waals surface area (Å²) in [6.07, 6.45) is -2.80. The first-order valence-electron chi connectivity index (χ1n) is 3.45. The van der Waals surface area contributed by atoms with Crippen LogP contribution in [0.4, 0.5) is 0 Å². The van der Waals surface area contributed by atoms with Crippen molar-refractivity contribution in [2.24, 2.45) is 5.92 Å². The normalized spacial score (nSPS) is 12.7. The van der Waals surface area contributed by atoms with Gasteiger partial charge in [0.1, 0.15) is 6.10 Å². The van der Waals surface area contributed by atoms with Crippen molar-refractivity contribution in [1.29, 1.82) is 0 Å². The molecule has 0 bridgehead atoms. The monoisotopic (exact) mass is 234 g/mol. The van der Waals surface area contributed by atoms with Crippen molar-refractivity contribution in [2.45, 2.75) is 19.4 Å². The Morgan fingerprint density at radius 3 is 1.80 bits per heavy atom. The van der Waals surface area contributed by atoms with Crippen LogP contribution < -0.4 is 69.3 Å². The number of carboxylic acid groups (broad SMARTS) is 2. The van der Waals surface area contributed by atoms with Crippen LogP contribution in [-0.2, 0) is 14.4 Å². The summed E-state index contributed by atoms with van der Waals surface area (Å²) in [7, 11) is 0. The predicted molar refractivity (Wildman–Crippen MR) is 34.8 cm³/mol. The van der Waals surface area contributed by atoms with Crippen LogP contribution in [0.5, 0.6) is 0 Å². The van der Waals surface area contributed by atoms with Gasteiger partial charge in [-0.25, -0.2) is 0 Å². The second-order valence-corrected chi connectivity index (χ2v) is 2.56. The second-order valence-electron chi connectivity index (χ2n) is 2.56. The molecule has 0 aromatic rings. The molecule has 8 heteroatoms. The van der Waals surface area contributed by atoms with Gasteiger partial charge in [0.05, 0.1) is 0 Å². The molecule has 0 rings (SSSR count). The Morgan fingerprint density at radius 2 is 1.60 bits per heavy atom. The quantitative estimate of drug-likeness (QED) is 0.472. The van der Waals surface area contributed by atoms with Gasteiger partial charge in [0.2, 0.25) is 0 Å². The van der Waals surface area contributed by atoms with Gasteiger partial charge in [-0.1, -0.05) is 0 Å². The van der Waals surface area contributed by atoms with E-state index in [9.17, 15) is 24.6 Å². The van der Waals surface area contributed by atoms with Crippen LogP contribution in [0.2, 0.25) is 0 Å². The topological polar surface area (TPSA) is 118 Å². The molecule has 0 saturated heterocycles. The number of hydrogen-bond acceptors (Lipinski definition) is 6. The molecule has 15 heavy (non-hydrogen) atoms. The molecule has 0 aromatic carbocycles. The van der Waals surface area contributed by atoms with E-state index in [4.69, 9.17) is 5.11 Å². The van der Waals surface area contributed by atoms with E-state index in [0.29, 0.717) is 0 Å². The number of carboxylic acids is 2. The van der Waals surface area contributed by atoms with E-state index in [1.54, 1.807) is 0 Å². The summed E-state index contributed by atoms with van der Waals surface area (Å²) in [5.74, 6) is -6.01. The van der Waals surface area contributed by atoms with Crippen LogP contribution in [0.1, 0.15) is 13.3 Å². The van der Waals surface area contributed by atoms with Crippen LogP contribution in [0.15, 0.2) is 0 Å². The van der Waals surface area contributed by atoms with E-state index in [0.717, 1.165) is 6.92 Å². The largest absolute Gasteiger partial charge is 1.00 e. The number of hydrogen-bond donors (Lipinski definition) is 1. The Hall–Kier alpha value is 0.570. The van der Waals surface area contributed by atoms with Gasteiger partial charge in [-0.15, -0.1) is 0 Å². The van der Waals surface area contributed by atoms with E-state index in [2.05, 4.69) is 0 Å². The summed E-state index contributed by atoms with van der Waals surface area (Å²) in [5, 5.41) is 29.2. The predicted octanol–water partition coefficient (Wildman–Crippen LogP) is -9.55. The van der Waals surface area contributed by atoms with Crippen molar-refractivity contribution < 1.29 is 88.8 Å². The van der Waals surface area contributed by atoms with Crippen LogP contribution in [-0.4, -0.2) is 28.9 Å². The summed E-state index contributed by atoms with van der Waals surface area (Å²) in [6.45, 7) is 0.954. The summed E-state index contributed by atoms with van der Waals surface area (Å²) in [5.41, 5.74) is 0. The van der Waals surface area contributed by atoms with Gasteiger partial charge in [-0.3, -0.25) is 4.79 Å². The van der Waals surface area contributed by atoms with Crippen molar-refractivity contribution in [3.05, 3.63) is 0 Å². The zero-order valence-corrected chi connectivity index (χ0v) is 12.9. The molecule has 0 aliphatic carbocycles. The van der Waals surface area contributed by atoms with Gasteiger partial charge < -0.3 is 24.9 Å². The Morgan fingerprint density at radius 1 is 1.20 bits per heavy atom. The van der Waals surface area contributed by atoms with E-state index >= 15 is 0 Å². The van der Waals surface area contributed by atoms with Gasteiger partial charge in [0, 0.05) is 17.9 Å². The van der Waals surface area contributed by atoms with Crippen molar-refractivity contribution in [3.63, 3.8) is 0 Å². The molecule has 0 aromatic heterocycles. The molecule has 0 aliphatic rings. The minimum Gasteiger partial charge on any atom is -0.550 e. The van der Waals surface area contributed by atoms with Gasteiger partial charge >= 0.3 is 59.1 Å². The van der Waals surface area contributed by atoms with Crippen molar-refractivity contribution >= 4 is 17.7 Å². The molecule has 1 N–H and O–H groups in total. The summed E-state index contributed by atoms with van der Waals surface area (Å²) < 4.78 is 0. The minimum absolute atomic E-state index is 0. The van der Waals surface area contributed by atoms with E-state index in [1.807, 2.05) is 0 Å². The third kappa shape index (κ3) is 8.38. The van der Waals surface area contributed by atoms with E-state index in [-0.39, 0.29) is 59.1 Å². The number of aliphatic carboxylic acids is 2. The van der Waals surface area contributed by atoms with Crippen molar-refractivity contribution in [1.82, 2.24) is 0 Å². The van der Waals surface area contributed by atoms with Crippen LogP contribution in [0.25, 0.3) is 0 Å². The number of carbonyl (C=O) groups excluding carboxylic acids is 3. The zero-order chi connectivity index (χ0) is 10.6. The second kappa shape index (κ2) is 9.77. The van der Waals surface area contributed by atoms with Gasteiger partial charge in [0.25, 0.3) is 0 Å². The fourth-order valence-electron chi connectivity index (χ4n) is 0.787. The fraction of sp³-hybridized carbons (Fsp3) is 0.571. The molecule has 0 fully saturated rings. The summed E-state index contributed by atoms with van der Waals surface area (Å²) in [4.78, 5) is 30.8. The molecule has 0 amide bonds. The van der Waals surface area contributed by atoms with Gasteiger partial charge in [-0.05, 0) is 13.3 Å². The standard InChI is InChI=1S/C7H10O6.2Na/c1-3(8)6(11)4(7(12)13)2-5(9)10;;/h4,6,11H,2H2,1H3,(H,9,10)(H,12,13);;/q;2*+1/p-2. The molecule has 0 radical (unpaired) electrons. The van der Waals surface area contributed by atoms with E-state index in [1.165, 1.54) is 0 Å². The molecule has 2 atom stereocenters. The number of aliphatic hydroxyl groups is 1. The van der Waals surface area contributed by atoms with Crippen LogP contribution in [0, 0.1) is 5.92 Å². The molecular formula is C7H8Na2O6. The average Bonchev–Trinajstić information content (AvgIpc) is 1.97. The number of rotatable bonds is 5. The fourth-order valence-corrected chi connectivity index (χ4v) is 0.787. The third-order valence-electron chi connectivity index (χ3n) is 1.49. The van der Waals surface area contributed by atoms with Crippen molar-refractivity contribution in [2.75, 3.05) is 0 Å². The Balaban J connectivity index is -0.000000720. The minimum atomic E-state index is -1.86. The summed E-state index contributed by atoms with van der Waals surface area (Å²) in [6, 6.07) is 0.